The Kier molecular flexibility index (Phi) is 3.35. The third-order valence-electron chi connectivity index (χ3n) is 4.48. The zero-order valence-corrected chi connectivity index (χ0v) is 13.9. The number of hydrogen-bond donors (Lipinski definition) is 0. The zero-order chi connectivity index (χ0) is 14.4. The van der Waals surface area contributed by atoms with Crippen molar-refractivity contribution in [1.82, 2.24) is 19.1 Å². The van der Waals surface area contributed by atoms with Crippen LogP contribution in [0.25, 0.3) is 11.5 Å². The van der Waals surface area contributed by atoms with Crippen LogP contribution in [0, 0.1) is 3.57 Å². The fourth-order valence-electron chi connectivity index (χ4n) is 3.26. The van der Waals surface area contributed by atoms with Gasteiger partial charge in [0.1, 0.15) is 5.69 Å². The van der Waals surface area contributed by atoms with Gasteiger partial charge in [-0.25, -0.2) is 9.97 Å². The van der Waals surface area contributed by atoms with Crippen LogP contribution in [0.2, 0.25) is 0 Å². The summed E-state index contributed by atoms with van der Waals surface area (Å²) in [5.74, 6) is 0.789. The highest BCUT2D eigenvalue weighted by Crippen LogP contribution is 2.38. The molecule has 21 heavy (non-hydrogen) atoms. The minimum atomic E-state index is 0.0936. The molecule has 0 atom stereocenters. The molecule has 4 rings (SSSR count). The molecule has 2 heterocycles. The molecule has 0 unspecified atom stereocenters. The number of aromatic nitrogens is 4. The van der Waals surface area contributed by atoms with Crippen molar-refractivity contribution in [3.8, 4) is 11.5 Å². The van der Waals surface area contributed by atoms with Crippen molar-refractivity contribution in [1.29, 1.82) is 0 Å². The van der Waals surface area contributed by atoms with Crippen molar-refractivity contribution < 1.29 is 0 Å². The van der Waals surface area contributed by atoms with E-state index in [1.165, 1.54) is 25.7 Å². The lowest BCUT2D eigenvalue weighted by molar-refractivity contribution is 0.497. The van der Waals surface area contributed by atoms with Crippen molar-refractivity contribution in [2.75, 3.05) is 0 Å². The van der Waals surface area contributed by atoms with Crippen LogP contribution in [0.5, 0.6) is 0 Å². The SMILES string of the molecule is O=c1c(I)cnc(-c2cncn2C2CC2)n1C1CCCC1. The molecule has 0 bridgehead atoms. The summed E-state index contributed by atoms with van der Waals surface area (Å²) in [7, 11) is 0. The van der Waals surface area contributed by atoms with Crippen LogP contribution in [-0.4, -0.2) is 19.1 Å². The Morgan fingerprint density at radius 2 is 1.86 bits per heavy atom. The van der Waals surface area contributed by atoms with Gasteiger partial charge in [-0.05, 0) is 48.3 Å². The normalized spacial score (nSPS) is 19.3. The average molecular weight is 396 g/mol. The fourth-order valence-corrected chi connectivity index (χ4v) is 3.66. The van der Waals surface area contributed by atoms with Crippen LogP contribution in [0.3, 0.4) is 0 Å². The van der Waals surface area contributed by atoms with Crippen LogP contribution in [0.4, 0.5) is 0 Å². The van der Waals surface area contributed by atoms with Crippen molar-refractivity contribution in [2.45, 2.75) is 50.6 Å². The Hall–Kier alpha value is -1.18. The zero-order valence-electron chi connectivity index (χ0n) is 11.7. The van der Waals surface area contributed by atoms with E-state index in [-0.39, 0.29) is 11.6 Å². The van der Waals surface area contributed by atoms with Gasteiger partial charge in [-0.15, -0.1) is 0 Å². The first-order valence-electron chi connectivity index (χ1n) is 7.55. The van der Waals surface area contributed by atoms with Gasteiger partial charge in [-0.2, -0.15) is 0 Å². The second-order valence-electron chi connectivity index (χ2n) is 5.96. The molecule has 2 fully saturated rings. The second kappa shape index (κ2) is 5.23. The van der Waals surface area contributed by atoms with Crippen LogP contribution in [0.1, 0.15) is 50.6 Å². The van der Waals surface area contributed by atoms with Crippen molar-refractivity contribution >= 4 is 22.6 Å². The van der Waals surface area contributed by atoms with Crippen LogP contribution >= 0.6 is 22.6 Å². The highest BCUT2D eigenvalue weighted by atomic mass is 127. The summed E-state index contributed by atoms with van der Waals surface area (Å²) in [4.78, 5) is 21.5. The Labute approximate surface area is 136 Å². The van der Waals surface area contributed by atoms with E-state index in [4.69, 9.17) is 0 Å². The summed E-state index contributed by atoms with van der Waals surface area (Å²) < 4.78 is 4.80. The van der Waals surface area contributed by atoms with E-state index in [0.717, 1.165) is 24.4 Å². The number of hydrogen-bond acceptors (Lipinski definition) is 3. The highest BCUT2D eigenvalue weighted by molar-refractivity contribution is 14.1. The van der Waals surface area contributed by atoms with Gasteiger partial charge >= 0.3 is 0 Å². The van der Waals surface area contributed by atoms with E-state index in [9.17, 15) is 4.79 Å². The lowest BCUT2D eigenvalue weighted by Gasteiger charge is -2.19. The summed E-state index contributed by atoms with van der Waals surface area (Å²) in [6.45, 7) is 0. The molecule has 0 radical (unpaired) electrons. The van der Waals surface area contributed by atoms with Gasteiger partial charge in [0, 0.05) is 18.3 Å². The first kappa shape index (κ1) is 13.5. The molecule has 0 spiro atoms. The first-order valence-corrected chi connectivity index (χ1v) is 8.63. The lowest BCUT2D eigenvalue weighted by atomic mass is 10.2. The minimum absolute atomic E-state index is 0.0936. The first-order chi connectivity index (χ1) is 10.3. The average Bonchev–Trinajstić information content (AvgIpc) is 3.01. The highest BCUT2D eigenvalue weighted by Gasteiger charge is 2.29. The standard InChI is InChI=1S/C15H17IN4O/c16-12-7-18-14(13-8-17-9-19(13)10-5-6-10)20(15(12)21)11-3-1-2-4-11/h7-11H,1-6H2. The van der Waals surface area contributed by atoms with Crippen LogP contribution in [-0.2, 0) is 0 Å². The topological polar surface area (TPSA) is 52.7 Å². The molecule has 0 N–H and O–H groups in total. The fraction of sp³-hybridized carbons (Fsp3) is 0.533. The van der Waals surface area contributed by atoms with Gasteiger partial charge < -0.3 is 4.57 Å². The van der Waals surface area contributed by atoms with Crippen LogP contribution < -0.4 is 5.56 Å². The molecular formula is C15H17IN4O. The van der Waals surface area contributed by atoms with E-state index >= 15 is 0 Å². The third-order valence-corrected chi connectivity index (χ3v) is 5.22. The van der Waals surface area contributed by atoms with Crippen molar-refractivity contribution in [2.24, 2.45) is 0 Å². The smallest absolute Gasteiger partial charge is 0.267 e. The Bertz CT molecular complexity index is 726. The van der Waals surface area contributed by atoms with E-state index in [0.29, 0.717) is 9.61 Å². The molecule has 0 aliphatic heterocycles. The van der Waals surface area contributed by atoms with Crippen molar-refractivity contribution in [3.63, 3.8) is 0 Å². The molecule has 2 aromatic rings. The summed E-state index contributed by atoms with van der Waals surface area (Å²) >= 11 is 2.09. The maximum atomic E-state index is 12.7. The van der Waals surface area contributed by atoms with E-state index in [1.807, 2.05) is 17.1 Å². The van der Waals surface area contributed by atoms with E-state index in [2.05, 4.69) is 37.1 Å². The van der Waals surface area contributed by atoms with Gasteiger partial charge in [-0.1, -0.05) is 12.8 Å². The maximum Gasteiger partial charge on any atom is 0.267 e. The summed E-state index contributed by atoms with van der Waals surface area (Å²) in [5.41, 5.74) is 1.08. The lowest BCUT2D eigenvalue weighted by Crippen LogP contribution is -2.28. The van der Waals surface area contributed by atoms with E-state index < -0.39 is 0 Å². The molecule has 2 aliphatic carbocycles. The molecule has 6 heteroatoms. The van der Waals surface area contributed by atoms with Crippen LogP contribution in [0.15, 0.2) is 23.5 Å². The molecule has 0 aromatic carbocycles. The molecular weight excluding hydrogens is 379 g/mol. The Morgan fingerprint density at radius 1 is 1.10 bits per heavy atom. The number of imidazole rings is 1. The minimum Gasteiger partial charge on any atom is -0.325 e. The molecule has 2 saturated carbocycles. The molecule has 0 saturated heterocycles. The summed E-state index contributed by atoms with van der Waals surface area (Å²) in [6, 6.07) is 0.827. The predicted octanol–water partition coefficient (Wildman–Crippen LogP) is 3.16. The quantitative estimate of drug-likeness (QED) is 0.750. The van der Waals surface area contributed by atoms with E-state index in [1.54, 1.807) is 6.20 Å². The number of halogens is 1. The molecule has 2 aliphatic rings. The molecule has 5 nitrogen and oxygen atoms in total. The number of rotatable bonds is 3. The monoisotopic (exact) mass is 396 g/mol. The molecule has 2 aromatic heterocycles. The summed E-state index contributed by atoms with van der Waals surface area (Å²) in [6.07, 6.45) is 12.3. The second-order valence-corrected chi connectivity index (χ2v) is 7.12. The number of nitrogens with zero attached hydrogens (tertiary/aromatic N) is 4. The van der Waals surface area contributed by atoms with Gasteiger partial charge in [0.25, 0.3) is 5.56 Å². The van der Waals surface area contributed by atoms with Gasteiger partial charge in [0.2, 0.25) is 0 Å². The van der Waals surface area contributed by atoms with Gasteiger partial charge in [0.05, 0.1) is 16.1 Å². The summed E-state index contributed by atoms with van der Waals surface area (Å²) in [5, 5.41) is 0. The predicted molar refractivity (Wildman–Crippen MR) is 88.2 cm³/mol. The Balaban J connectivity index is 1.89. The van der Waals surface area contributed by atoms with Gasteiger partial charge in [0.15, 0.2) is 5.82 Å². The van der Waals surface area contributed by atoms with Crippen molar-refractivity contribution in [3.05, 3.63) is 32.6 Å². The Morgan fingerprint density at radius 3 is 2.57 bits per heavy atom. The largest absolute Gasteiger partial charge is 0.325 e. The molecule has 0 amide bonds. The molecule has 110 valence electrons. The van der Waals surface area contributed by atoms with Gasteiger partial charge in [-0.3, -0.25) is 9.36 Å². The maximum absolute atomic E-state index is 12.7. The third kappa shape index (κ3) is 2.33.